The Labute approximate surface area is 154 Å². The summed E-state index contributed by atoms with van der Waals surface area (Å²) in [4.78, 5) is 26.4. The molecule has 0 saturated carbocycles. The summed E-state index contributed by atoms with van der Waals surface area (Å²) in [7, 11) is 0. The van der Waals surface area contributed by atoms with E-state index in [2.05, 4.69) is 5.32 Å². The number of hydrogen-bond acceptors (Lipinski definition) is 3. The van der Waals surface area contributed by atoms with Crippen LogP contribution in [0.4, 0.5) is 17.1 Å². The summed E-state index contributed by atoms with van der Waals surface area (Å²) in [5.74, 6) is -0.795. The van der Waals surface area contributed by atoms with Gasteiger partial charge < -0.3 is 5.32 Å². The summed E-state index contributed by atoms with van der Waals surface area (Å²) in [6.45, 7) is 0. The van der Waals surface area contributed by atoms with Gasteiger partial charge in [-0.3, -0.25) is 14.5 Å². The SMILES string of the molecule is N#Cc1ccc(Cl)c(N2C(=O)CC(=O)Nc3c2ccc2ccccc32)c1. The van der Waals surface area contributed by atoms with Crippen molar-refractivity contribution in [2.45, 2.75) is 6.42 Å². The first-order valence-electron chi connectivity index (χ1n) is 7.92. The molecule has 0 saturated heterocycles. The smallest absolute Gasteiger partial charge is 0.241 e. The number of amides is 2. The van der Waals surface area contributed by atoms with Crippen molar-refractivity contribution < 1.29 is 9.59 Å². The molecular weight excluding hydrogens is 350 g/mol. The van der Waals surface area contributed by atoms with Gasteiger partial charge in [-0.2, -0.15) is 5.26 Å². The molecular formula is C20H12ClN3O2. The predicted octanol–water partition coefficient (Wildman–Crippen LogP) is 4.37. The number of hydrogen-bond donors (Lipinski definition) is 1. The van der Waals surface area contributed by atoms with Crippen molar-refractivity contribution in [1.82, 2.24) is 0 Å². The fourth-order valence-corrected chi connectivity index (χ4v) is 3.33. The minimum Gasteiger partial charge on any atom is -0.323 e. The van der Waals surface area contributed by atoms with Crippen molar-refractivity contribution in [3.63, 3.8) is 0 Å². The van der Waals surface area contributed by atoms with Crippen LogP contribution in [-0.4, -0.2) is 11.8 Å². The van der Waals surface area contributed by atoms with E-state index in [1.54, 1.807) is 24.3 Å². The lowest BCUT2D eigenvalue weighted by Crippen LogP contribution is -2.26. The maximum Gasteiger partial charge on any atom is 0.241 e. The molecule has 3 aromatic rings. The predicted molar refractivity (Wildman–Crippen MR) is 101 cm³/mol. The lowest BCUT2D eigenvalue weighted by molar-refractivity contribution is -0.124. The normalized spacial score (nSPS) is 13.8. The van der Waals surface area contributed by atoms with Gasteiger partial charge in [0.15, 0.2) is 0 Å². The molecule has 4 rings (SSSR count). The van der Waals surface area contributed by atoms with Gasteiger partial charge in [-0.05, 0) is 29.7 Å². The zero-order valence-electron chi connectivity index (χ0n) is 13.5. The molecule has 0 atom stereocenters. The van der Waals surface area contributed by atoms with Gasteiger partial charge >= 0.3 is 0 Å². The van der Waals surface area contributed by atoms with E-state index in [9.17, 15) is 14.9 Å². The molecule has 0 aromatic heterocycles. The monoisotopic (exact) mass is 361 g/mol. The molecule has 1 aliphatic heterocycles. The summed E-state index contributed by atoms with van der Waals surface area (Å²) in [5, 5.41) is 14.1. The zero-order chi connectivity index (χ0) is 18.3. The fraction of sp³-hybridized carbons (Fsp3) is 0.0500. The van der Waals surface area contributed by atoms with Crippen molar-refractivity contribution in [3.05, 3.63) is 65.2 Å². The number of carbonyl (C=O) groups excluding carboxylic acids is 2. The van der Waals surface area contributed by atoms with Crippen LogP contribution in [0, 0.1) is 11.3 Å². The maximum atomic E-state index is 12.8. The van der Waals surface area contributed by atoms with E-state index in [1.807, 2.05) is 36.4 Å². The average Bonchev–Trinajstić information content (AvgIpc) is 2.77. The van der Waals surface area contributed by atoms with Gasteiger partial charge in [0.2, 0.25) is 11.8 Å². The van der Waals surface area contributed by atoms with Crippen LogP contribution in [0.5, 0.6) is 0 Å². The van der Waals surface area contributed by atoms with Crippen LogP contribution in [0.25, 0.3) is 10.8 Å². The summed E-state index contributed by atoms with van der Waals surface area (Å²) in [5.41, 5.74) is 1.83. The number of benzene rings is 3. The van der Waals surface area contributed by atoms with E-state index < -0.39 is 5.91 Å². The van der Waals surface area contributed by atoms with Crippen molar-refractivity contribution in [1.29, 1.82) is 5.26 Å². The average molecular weight is 362 g/mol. The molecule has 0 fully saturated rings. The highest BCUT2D eigenvalue weighted by molar-refractivity contribution is 6.35. The van der Waals surface area contributed by atoms with Gasteiger partial charge in [0.05, 0.1) is 33.7 Å². The standard InChI is InChI=1S/C20H12ClN3O2/c21-15-7-5-12(11-22)9-17(15)24-16-8-6-13-3-1-2-4-14(13)20(16)23-18(25)10-19(24)26/h1-9H,10H2,(H,23,25). The van der Waals surface area contributed by atoms with E-state index in [4.69, 9.17) is 11.6 Å². The molecule has 0 bridgehead atoms. The van der Waals surface area contributed by atoms with E-state index in [-0.39, 0.29) is 12.3 Å². The number of nitriles is 1. The molecule has 1 heterocycles. The van der Waals surface area contributed by atoms with Gasteiger partial charge in [-0.1, -0.05) is 41.9 Å². The first kappa shape index (κ1) is 16.1. The molecule has 0 radical (unpaired) electrons. The largest absolute Gasteiger partial charge is 0.323 e. The zero-order valence-corrected chi connectivity index (χ0v) is 14.2. The highest BCUT2D eigenvalue weighted by Gasteiger charge is 2.30. The Morgan fingerprint density at radius 3 is 2.65 bits per heavy atom. The highest BCUT2D eigenvalue weighted by Crippen LogP contribution is 2.42. The lowest BCUT2D eigenvalue weighted by Gasteiger charge is -2.24. The van der Waals surface area contributed by atoms with Crippen molar-refractivity contribution >= 4 is 51.2 Å². The van der Waals surface area contributed by atoms with Crippen molar-refractivity contribution in [3.8, 4) is 6.07 Å². The first-order chi connectivity index (χ1) is 12.6. The van der Waals surface area contributed by atoms with Crippen LogP contribution >= 0.6 is 11.6 Å². The number of carbonyl (C=O) groups is 2. The van der Waals surface area contributed by atoms with Gasteiger partial charge in [-0.15, -0.1) is 0 Å². The summed E-state index contributed by atoms with van der Waals surface area (Å²) in [6, 6.07) is 18.0. The molecule has 0 aliphatic carbocycles. The molecule has 0 spiro atoms. The van der Waals surface area contributed by atoms with Crippen LogP contribution in [0.2, 0.25) is 5.02 Å². The number of nitrogens with zero attached hydrogens (tertiary/aromatic N) is 2. The number of anilines is 3. The number of halogens is 1. The van der Waals surface area contributed by atoms with Gasteiger partial charge in [0.25, 0.3) is 0 Å². The highest BCUT2D eigenvalue weighted by atomic mass is 35.5. The molecule has 3 aromatic carbocycles. The number of rotatable bonds is 1. The Morgan fingerprint density at radius 2 is 1.85 bits per heavy atom. The fourth-order valence-electron chi connectivity index (χ4n) is 3.13. The topological polar surface area (TPSA) is 73.2 Å². The minimum absolute atomic E-state index is 0.309. The number of nitrogens with one attached hydrogen (secondary N) is 1. The molecule has 2 amide bonds. The molecule has 0 unspecified atom stereocenters. The maximum absolute atomic E-state index is 12.8. The molecule has 26 heavy (non-hydrogen) atoms. The third-order valence-corrected chi connectivity index (χ3v) is 4.61. The second kappa shape index (κ2) is 6.17. The lowest BCUT2D eigenvalue weighted by atomic mass is 10.1. The Bertz CT molecular complexity index is 1120. The van der Waals surface area contributed by atoms with E-state index in [1.165, 1.54) is 4.90 Å². The second-order valence-corrected chi connectivity index (χ2v) is 6.32. The van der Waals surface area contributed by atoms with Gasteiger partial charge in [-0.25, -0.2) is 0 Å². The van der Waals surface area contributed by atoms with Crippen molar-refractivity contribution in [2.75, 3.05) is 10.2 Å². The summed E-state index contributed by atoms with van der Waals surface area (Å²) < 4.78 is 0. The minimum atomic E-state index is -0.409. The van der Waals surface area contributed by atoms with E-state index >= 15 is 0 Å². The molecule has 1 aliphatic rings. The van der Waals surface area contributed by atoms with Crippen LogP contribution < -0.4 is 10.2 Å². The Hall–Kier alpha value is -3.36. The van der Waals surface area contributed by atoms with Gasteiger partial charge in [0, 0.05) is 5.39 Å². The van der Waals surface area contributed by atoms with Crippen LogP contribution in [0.15, 0.2) is 54.6 Å². The molecule has 1 N–H and O–H groups in total. The Morgan fingerprint density at radius 1 is 1.04 bits per heavy atom. The summed E-state index contributed by atoms with van der Waals surface area (Å²) >= 11 is 6.32. The molecule has 6 heteroatoms. The van der Waals surface area contributed by atoms with Crippen LogP contribution in [-0.2, 0) is 9.59 Å². The van der Waals surface area contributed by atoms with E-state index in [0.29, 0.717) is 27.6 Å². The Balaban J connectivity index is 2.02. The third-order valence-electron chi connectivity index (χ3n) is 4.29. The van der Waals surface area contributed by atoms with Crippen LogP contribution in [0.3, 0.4) is 0 Å². The van der Waals surface area contributed by atoms with Gasteiger partial charge in [0.1, 0.15) is 6.42 Å². The number of fused-ring (bicyclic) bond motifs is 3. The van der Waals surface area contributed by atoms with E-state index in [0.717, 1.165) is 10.8 Å². The third kappa shape index (κ3) is 2.57. The van der Waals surface area contributed by atoms with Crippen molar-refractivity contribution in [2.24, 2.45) is 0 Å². The van der Waals surface area contributed by atoms with Crippen LogP contribution in [0.1, 0.15) is 12.0 Å². The summed E-state index contributed by atoms with van der Waals surface area (Å²) in [6.07, 6.45) is -0.309. The first-order valence-corrected chi connectivity index (χ1v) is 8.30. The molecule has 5 nitrogen and oxygen atoms in total. The quantitative estimate of drug-likeness (QED) is 0.654. The Kier molecular flexibility index (Phi) is 3.83. The molecule has 126 valence electrons. The second-order valence-electron chi connectivity index (χ2n) is 5.91.